The first-order valence-corrected chi connectivity index (χ1v) is 21.2. The second-order valence-electron chi connectivity index (χ2n) is 13.3. The lowest BCUT2D eigenvalue weighted by molar-refractivity contribution is -0.152. The van der Waals surface area contributed by atoms with Gasteiger partial charge in [0.2, 0.25) is 0 Å². The van der Waals surface area contributed by atoms with Crippen LogP contribution >= 0.6 is 21.6 Å². The van der Waals surface area contributed by atoms with Crippen LogP contribution in [0.3, 0.4) is 0 Å². The van der Waals surface area contributed by atoms with Crippen molar-refractivity contribution in [2.24, 2.45) is 5.41 Å². The molecule has 0 unspecified atom stereocenters. The third-order valence-corrected chi connectivity index (χ3v) is 11.7. The molecule has 1 saturated heterocycles. The van der Waals surface area contributed by atoms with Crippen molar-refractivity contribution in [3.8, 4) is 0 Å². The molecule has 4 nitrogen and oxygen atoms in total. The van der Waals surface area contributed by atoms with Crippen LogP contribution in [-0.4, -0.2) is 36.7 Å². The molecule has 0 amide bonds. The van der Waals surface area contributed by atoms with Crippen molar-refractivity contribution in [1.29, 1.82) is 0 Å². The molecule has 1 aliphatic heterocycles. The molecule has 0 aromatic rings. The zero-order chi connectivity index (χ0) is 31.1. The molecule has 1 heterocycles. The predicted molar refractivity (Wildman–Crippen MR) is 190 cm³/mol. The van der Waals surface area contributed by atoms with E-state index in [1.807, 2.05) is 0 Å². The van der Waals surface area contributed by atoms with Crippen LogP contribution < -0.4 is 0 Å². The van der Waals surface area contributed by atoms with Crippen molar-refractivity contribution in [3.05, 3.63) is 0 Å². The first-order valence-electron chi connectivity index (χ1n) is 18.7. The summed E-state index contributed by atoms with van der Waals surface area (Å²) in [4.78, 5) is 24.8. The minimum Gasteiger partial charge on any atom is -0.465 e. The molecule has 0 bridgehead atoms. The number of hydrogen-bond donors (Lipinski definition) is 0. The summed E-state index contributed by atoms with van der Waals surface area (Å²) in [7, 11) is 3.59. The Morgan fingerprint density at radius 1 is 0.442 bits per heavy atom. The third kappa shape index (κ3) is 25.5. The van der Waals surface area contributed by atoms with Crippen LogP contribution in [0.1, 0.15) is 194 Å². The Labute approximate surface area is 275 Å². The molecule has 6 heteroatoms. The highest BCUT2D eigenvalue weighted by atomic mass is 33.1. The number of carbonyl (C=O) groups is 2. The third-order valence-electron chi connectivity index (χ3n) is 8.86. The van der Waals surface area contributed by atoms with Crippen LogP contribution in [0.2, 0.25) is 0 Å². The van der Waals surface area contributed by atoms with Crippen LogP contribution in [0.4, 0.5) is 0 Å². The van der Waals surface area contributed by atoms with Gasteiger partial charge in [0, 0.05) is 24.3 Å². The number of carbonyl (C=O) groups excluding carboxylic acids is 2. The Bertz CT molecular complexity index is 588. The molecule has 0 N–H and O–H groups in total. The molecule has 1 rings (SSSR count). The smallest absolute Gasteiger partial charge is 0.305 e. The summed E-state index contributed by atoms with van der Waals surface area (Å²) >= 11 is 0. The number of rotatable bonds is 32. The number of unbranched alkanes of at least 4 members (excludes halogenated alkanes) is 24. The lowest BCUT2D eigenvalue weighted by Gasteiger charge is -2.26. The number of hydrogen-bond acceptors (Lipinski definition) is 6. The van der Waals surface area contributed by atoms with E-state index in [1.165, 1.54) is 141 Å². The average Bonchev–Trinajstić information content (AvgIpc) is 3.49. The predicted octanol–water partition coefficient (Wildman–Crippen LogP) is 12.4. The molecular weight excluding hydrogens is 573 g/mol. The molecule has 0 aromatic carbocycles. The van der Waals surface area contributed by atoms with E-state index in [4.69, 9.17) is 9.47 Å². The van der Waals surface area contributed by atoms with Crippen molar-refractivity contribution in [1.82, 2.24) is 0 Å². The van der Waals surface area contributed by atoms with E-state index >= 15 is 0 Å². The standard InChI is InChI=1S/C37H70O4S2/c1-3-5-7-9-11-13-15-17-19-21-23-25-27-29-35(38)40-31-37(33-42-43-34-37)32-41-36(39)30-28-26-24-22-20-18-16-14-12-10-8-6-4-2/h3-34H2,1-2H3. The summed E-state index contributed by atoms with van der Waals surface area (Å²) in [6, 6.07) is 0. The zero-order valence-electron chi connectivity index (χ0n) is 28.6. The topological polar surface area (TPSA) is 52.6 Å². The molecule has 0 atom stereocenters. The maximum atomic E-state index is 12.4. The molecule has 0 aliphatic carbocycles. The summed E-state index contributed by atoms with van der Waals surface area (Å²) in [5.74, 6) is 1.55. The average molecular weight is 643 g/mol. The van der Waals surface area contributed by atoms with Gasteiger partial charge in [-0.3, -0.25) is 9.59 Å². The minimum atomic E-state index is -0.230. The molecule has 0 aromatic heterocycles. The summed E-state index contributed by atoms with van der Waals surface area (Å²) in [5, 5.41) is 0. The highest BCUT2D eigenvalue weighted by molar-refractivity contribution is 8.77. The van der Waals surface area contributed by atoms with Crippen LogP contribution in [-0.2, 0) is 19.1 Å². The van der Waals surface area contributed by atoms with E-state index in [0.717, 1.165) is 37.2 Å². The largest absolute Gasteiger partial charge is 0.465 e. The maximum absolute atomic E-state index is 12.4. The number of ether oxygens (including phenoxy) is 2. The fourth-order valence-electron chi connectivity index (χ4n) is 5.77. The van der Waals surface area contributed by atoms with Gasteiger partial charge in [-0.1, -0.05) is 190 Å². The second-order valence-corrected chi connectivity index (χ2v) is 15.8. The summed E-state index contributed by atoms with van der Waals surface area (Å²) in [5.41, 5.74) is -0.230. The summed E-state index contributed by atoms with van der Waals surface area (Å²) in [6.45, 7) is 5.29. The van der Waals surface area contributed by atoms with Crippen LogP contribution in [0.15, 0.2) is 0 Å². The molecule has 0 saturated carbocycles. The lowest BCUT2D eigenvalue weighted by atomic mass is 9.95. The van der Waals surface area contributed by atoms with Gasteiger partial charge in [0.1, 0.15) is 13.2 Å². The van der Waals surface area contributed by atoms with Gasteiger partial charge in [-0.25, -0.2) is 0 Å². The SMILES string of the molecule is CCCCCCCCCCCCCCCC(=O)OCC1(COC(=O)CCCCCCCCCCCCCCC)CSSC1. The first kappa shape index (κ1) is 40.7. The van der Waals surface area contributed by atoms with Gasteiger partial charge in [0.25, 0.3) is 0 Å². The van der Waals surface area contributed by atoms with Gasteiger partial charge in [-0.15, -0.1) is 0 Å². The van der Waals surface area contributed by atoms with Crippen molar-refractivity contribution in [2.45, 2.75) is 194 Å². The van der Waals surface area contributed by atoms with Crippen LogP contribution in [0, 0.1) is 5.41 Å². The summed E-state index contributed by atoms with van der Waals surface area (Å²) in [6.07, 6.45) is 34.9. The fraction of sp³-hybridized carbons (Fsp3) is 0.946. The van der Waals surface area contributed by atoms with Gasteiger partial charge < -0.3 is 9.47 Å². The first-order chi connectivity index (χ1) is 21.1. The summed E-state index contributed by atoms with van der Waals surface area (Å²) < 4.78 is 11.4. The van der Waals surface area contributed by atoms with E-state index in [1.54, 1.807) is 21.6 Å². The van der Waals surface area contributed by atoms with Crippen LogP contribution in [0.5, 0.6) is 0 Å². The van der Waals surface area contributed by atoms with Crippen molar-refractivity contribution >= 4 is 33.5 Å². The zero-order valence-corrected chi connectivity index (χ0v) is 30.2. The van der Waals surface area contributed by atoms with Crippen molar-refractivity contribution in [3.63, 3.8) is 0 Å². The Morgan fingerprint density at radius 3 is 0.977 bits per heavy atom. The van der Waals surface area contributed by atoms with E-state index in [2.05, 4.69) is 13.8 Å². The highest BCUT2D eigenvalue weighted by Gasteiger charge is 2.38. The van der Waals surface area contributed by atoms with Gasteiger partial charge in [0.15, 0.2) is 0 Å². The van der Waals surface area contributed by atoms with Crippen molar-refractivity contribution < 1.29 is 19.1 Å². The van der Waals surface area contributed by atoms with E-state index in [-0.39, 0.29) is 17.4 Å². The monoisotopic (exact) mass is 642 g/mol. The Morgan fingerprint density at radius 2 is 0.698 bits per heavy atom. The molecule has 1 fully saturated rings. The lowest BCUT2D eigenvalue weighted by Crippen LogP contribution is -2.36. The second kappa shape index (κ2) is 30.3. The molecule has 0 radical (unpaired) electrons. The minimum absolute atomic E-state index is 0.0948. The van der Waals surface area contributed by atoms with Gasteiger partial charge in [0.05, 0.1) is 5.41 Å². The fourth-order valence-corrected chi connectivity index (χ4v) is 9.10. The normalized spacial score (nSPS) is 14.3. The van der Waals surface area contributed by atoms with Gasteiger partial charge >= 0.3 is 11.9 Å². The van der Waals surface area contributed by atoms with Gasteiger partial charge in [-0.2, -0.15) is 0 Å². The molecule has 0 spiro atoms. The Hall–Kier alpha value is -0.360. The molecule has 43 heavy (non-hydrogen) atoms. The van der Waals surface area contributed by atoms with E-state index in [0.29, 0.717) is 26.1 Å². The van der Waals surface area contributed by atoms with Crippen LogP contribution in [0.25, 0.3) is 0 Å². The van der Waals surface area contributed by atoms with Crippen molar-refractivity contribution in [2.75, 3.05) is 24.7 Å². The maximum Gasteiger partial charge on any atom is 0.305 e. The van der Waals surface area contributed by atoms with Gasteiger partial charge in [-0.05, 0) is 12.8 Å². The molecule has 1 aliphatic rings. The number of esters is 2. The highest BCUT2D eigenvalue weighted by Crippen LogP contribution is 2.43. The Balaban J connectivity index is 1.98. The van der Waals surface area contributed by atoms with E-state index < -0.39 is 0 Å². The van der Waals surface area contributed by atoms with E-state index in [9.17, 15) is 9.59 Å². The Kier molecular flexibility index (Phi) is 28.7. The quantitative estimate of drug-likeness (QED) is 0.0413. The molecule has 254 valence electrons. The molecular formula is C37H70O4S2.